The molecule has 0 unspecified atom stereocenters. The van der Waals surface area contributed by atoms with Crippen molar-refractivity contribution >= 4 is 33.2 Å². The molecule has 1 N–H and O–H groups in total. The Hall–Kier alpha value is -3.03. The minimum atomic E-state index is -4.06. The number of nitrogens with zero attached hydrogens (tertiary/aromatic N) is 1. The van der Waals surface area contributed by atoms with Crippen molar-refractivity contribution in [1.82, 2.24) is 5.32 Å². The molecule has 0 spiro atoms. The van der Waals surface area contributed by atoms with Crippen molar-refractivity contribution in [3.05, 3.63) is 89.4 Å². The Kier molecular flexibility index (Phi) is 8.36. The van der Waals surface area contributed by atoms with Gasteiger partial charge in [-0.05, 0) is 55.7 Å². The molecule has 8 heteroatoms. The number of carbonyl (C=O) groups excluding carboxylic acids is 1. The fourth-order valence-corrected chi connectivity index (χ4v) is 5.04. The molecule has 0 heterocycles. The summed E-state index contributed by atoms with van der Waals surface area (Å²) < 4.78 is 33.4. The lowest BCUT2D eigenvalue weighted by atomic mass is 10.1. The van der Waals surface area contributed by atoms with E-state index < -0.39 is 22.5 Å². The number of halogens is 1. The SMILES string of the molecule is COc1ccc(Cl)cc1N(CC(=O)N[C@H](C)CCc1ccccc1)S(=O)(=O)c1ccccc1. The molecule has 33 heavy (non-hydrogen) atoms. The van der Waals surface area contributed by atoms with Crippen LogP contribution in [0.15, 0.2) is 83.8 Å². The lowest BCUT2D eigenvalue weighted by molar-refractivity contribution is -0.120. The molecule has 0 bridgehead atoms. The number of hydrogen-bond acceptors (Lipinski definition) is 4. The van der Waals surface area contributed by atoms with Crippen LogP contribution in [0, 0.1) is 0 Å². The average Bonchev–Trinajstić information content (AvgIpc) is 2.82. The van der Waals surface area contributed by atoms with Gasteiger partial charge in [-0.25, -0.2) is 8.42 Å². The number of hydrogen-bond donors (Lipinski definition) is 1. The van der Waals surface area contributed by atoms with E-state index in [1.807, 2.05) is 37.3 Å². The second-order valence-corrected chi connectivity index (χ2v) is 9.93. The highest BCUT2D eigenvalue weighted by Gasteiger charge is 2.30. The van der Waals surface area contributed by atoms with Crippen LogP contribution in [0.2, 0.25) is 5.02 Å². The summed E-state index contributed by atoms with van der Waals surface area (Å²) >= 11 is 6.16. The number of ether oxygens (including phenoxy) is 1. The summed E-state index contributed by atoms with van der Waals surface area (Å²) in [5, 5.41) is 3.24. The van der Waals surface area contributed by atoms with E-state index in [9.17, 15) is 13.2 Å². The molecule has 0 saturated carbocycles. The molecule has 3 rings (SSSR count). The van der Waals surface area contributed by atoms with Crippen molar-refractivity contribution in [3.8, 4) is 5.75 Å². The molecule has 0 aliphatic rings. The Labute approximate surface area is 200 Å². The first-order valence-corrected chi connectivity index (χ1v) is 12.4. The van der Waals surface area contributed by atoms with Gasteiger partial charge < -0.3 is 10.1 Å². The van der Waals surface area contributed by atoms with Crippen LogP contribution in [0.1, 0.15) is 18.9 Å². The van der Waals surface area contributed by atoms with Gasteiger partial charge >= 0.3 is 0 Å². The lowest BCUT2D eigenvalue weighted by Crippen LogP contribution is -2.43. The first-order chi connectivity index (χ1) is 15.8. The molecule has 0 radical (unpaired) electrons. The standard InChI is InChI=1S/C25H27ClN2O4S/c1-19(13-14-20-9-5-3-6-10-20)27-25(29)18-28(23-17-21(26)15-16-24(23)32-2)33(30,31)22-11-7-4-8-12-22/h3-12,15-17,19H,13-14,18H2,1-2H3,(H,27,29)/t19-/m1/s1. The first kappa shape index (κ1) is 24.6. The highest BCUT2D eigenvalue weighted by Crippen LogP contribution is 2.34. The van der Waals surface area contributed by atoms with Crippen LogP contribution in [0.5, 0.6) is 5.75 Å². The summed E-state index contributed by atoms with van der Waals surface area (Å²) in [6, 6.07) is 22.5. The maximum atomic E-state index is 13.5. The molecular weight excluding hydrogens is 460 g/mol. The molecule has 6 nitrogen and oxygen atoms in total. The highest BCUT2D eigenvalue weighted by atomic mass is 35.5. The molecule has 0 saturated heterocycles. The van der Waals surface area contributed by atoms with Crippen LogP contribution < -0.4 is 14.4 Å². The van der Waals surface area contributed by atoms with E-state index >= 15 is 0 Å². The Morgan fingerprint density at radius 2 is 1.67 bits per heavy atom. The zero-order valence-corrected chi connectivity index (χ0v) is 20.1. The van der Waals surface area contributed by atoms with Crippen LogP contribution in [-0.2, 0) is 21.2 Å². The van der Waals surface area contributed by atoms with E-state index in [2.05, 4.69) is 5.32 Å². The molecule has 0 aliphatic heterocycles. The predicted octanol–water partition coefficient (Wildman–Crippen LogP) is 4.68. The van der Waals surface area contributed by atoms with Gasteiger partial charge in [0.1, 0.15) is 12.3 Å². The van der Waals surface area contributed by atoms with Crippen molar-refractivity contribution in [2.75, 3.05) is 18.0 Å². The summed E-state index contributed by atoms with van der Waals surface area (Å²) in [5.41, 5.74) is 1.37. The van der Waals surface area contributed by atoms with Crippen molar-refractivity contribution in [3.63, 3.8) is 0 Å². The van der Waals surface area contributed by atoms with Crippen molar-refractivity contribution in [2.45, 2.75) is 30.7 Å². The van der Waals surface area contributed by atoms with Gasteiger partial charge in [0.05, 0.1) is 17.7 Å². The van der Waals surface area contributed by atoms with Crippen LogP contribution in [0.25, 0.3) is 0 Å². The summed E-state index contributed by atoms with van der Waals surface area (Å²) in [6.07, 6.45) is 1.53. The third-order valence-electron chi connectivity index (χ3n) is 5.14. The molecular formula is C25H27ClN2O4S. The van der Waals surface area contributed by atoms with Gasteiger partial charge in [-0.2, -0.15) is 0 Å². The number of carbonyl (C=O) groups is 1. The molecule has 1 amide bonds. The van der Waals surface area contributed by atoms with Crippen LogP contribution in [-0.4, -0.2) is 34.0 Å². The Balaban J connectivity index is 1.83. The van der Waals surface area contributed by atoms with Gasteiger partial charge in [-0.3, -0.25) is 9.10 Å². The second-order valence-electron chi connectivity index (χ2n) is 7.63. The number of rotatable bonds is 10. The minimum Gasteiger partial charge on any atom is -0.495 e. The van der Waals surface area contributed by atoms with E-state index in [-0.39, 0.29) is 16.6 Å². The van der Waals surface area contributed by atoms with Crippen LogP contribution in [0.3, 0.4) is 0 Å². The topological polar surface area (TPSA) is 75.7 Å². The lowest BCUT2D eigenvalue weighted by Gasteiger charge is -2.26. The zero-order chi connectivity index (χ0) is 23.8. The fraction of sp³-hybridized carbons (Fsp3) is 0.240. The second kappa shape index (κ2) is 11.2. The predicted molar refractivity (Wildman–Crippen MR) is 131 cm³/mol. The van der Waals surface area contributed by atoms with Crippen LogP contribution in [0.4, 0.5) is 5.69 Å². The van der Waals surface area contributed by atoms with Gasteiger partial charge in [0.2, 0.25) is 5.91 Å². The monoisotopic (exact) mass is 486 g/mol. The molecule has 3 aromatic carbocycles. The normalized spacial score (nSPS) is 12.1. The van der Waals surface area contributed by atoms with Crippen molar-refractivity contribution in [2.24, 2.45) is 0 Å². The van der Waals surface area contributed by atoms with Crippen molar-refractivity contribution < 1.29 is 17.9 Å². The molecule has 3 aromatic rings. The summed E-state index contributed by atoms with van der Waals surface area (Å²) in [7, 11) is -2.62. The maximum Gasteiger partial charge on any atom is 0.264 e. The largest absolute Gasteiger partial charge is 0.495 e. The molecule has 0 aliphatic carbocycles. The summed E-state index contributed by atoms with van der Waals surface area (Å²) in [6.45, 7) is 1.49. The van der Waals surface area contributed by atoms with Gasteiger partial charge in [-0.1, -0.05) is 60.1 Å². The van der Waals surface area contributed by atoms with E-state index in [4.69, 9.17) is 16.3 Å². The first-order valence-electron chi connectivity index (χ1n) is 10.6. The van der Waals surface area contributed by atoms with Gasteiger partial charge in [-0.15, -0.1) is 0 Å². The summed E-state index contributed by atoms with van der Waals surface area (Å²) in [4.78, 5) is 13.0. The number of methoxy groups -OCH3 is 1. The van der Waals surface area contributed by atoms with E-state index in [1.54, 1.807) is 30.3 Å². The number of benzene rings is 3. The number of nitrogens with one attached hydrogen (secondary N) is 1. The van der Waals surface area contributed by atoms with Crippen LogP contribution >= 0.6 is 11.6 Å². The van der Waals surface area contributed by atoms with E-state index in [0.717, 1.165) is 17.1 Å². The smallest absolute Gasteiger partial charge is 0.264 e. The Morgan fingerprint density at radius 1 is 1.03 bits per heavy atom. The quantitative estimate of drug-likeness (QED) is 0.451. The van der Waals surface area contributed by atoms with Crippen molar-refractivity contribution in [1.29, 1.82) is 0 Å². The zero-order valence-electron chi connectivity index (χ0n) is 18.6. The fourth-order valence-electron chi connectivity index (χ4n) is 3.43. The third-order valence-corrected chi connectivity index (χ3v) is 7.15. The minimum absolute atomic E-state index is 0.0666. The number of aryl methyl sites for hydroxylation is 1. The Morgan fingerprint density at radius 3 is 2.30 bits per heavy atom. The highest BCUT2D eigenvalue weighted by molar-refractivity contribution is 7.92. The number of anilines is 1. The van der Waals surface area contributed by atoms with Gasteiger partial charge in [0.25, 0.3) is 10.0 Å². The molecule has 1 atom stereocenters. The third kappa shape index (κ3) is 6.49. The molecule has 0 fully saturated rings. The number of sulfonamides is 1. The average molecular weight is 487 g/mol. The Bertz CT molecular complexity index is 1170. The van der Waals surface area contributed by atoms with Gasteiger partial charge in [0, 0.05) is 11.1 Å². The maximum absolute atomic E-state index is 13.5. The molecule has 174 valence electrons. The van der Waals surface area contributed by atoms with Gasteiger partial charge in [0.15, 0.2) is 0 Å². The molecule has 0 aromatic heterocycles. The van der Waals surface area contributed by atoms with E-state index in [0.29, 0.717) is 10.8 Å². The van der Waals surface area contributed by atoms with E-state index in [1.165, 1.54) is 30.9 Å². The summed E-state index contributed by atoms with van der Waals surface area (Å²) in [5.74, 6) is -0.124. The number of amides is 1.